The number of imidazole rings is 1. The molecule has 2 aliphatic rings. The van der Waals surface area contributed by atoms with Crippen molar-refractivity contribution in [3.63, 3.8) is 0 Å². The van der Waals surface area contributed by atoms with E-state index in [0.717, 1.165) is 53.9 Å². The number of ether oxygens (including phenoxy) is 2. The summed E-state index contributed by atoms with van der Waals surface area (Å²) in [5.41, 5.74) is 3.84. The number of piperidine rings is 1. The second-order valence-electron chi connectivity index (χ2n) is 9.70. The molecule has 10 heteroatoms. The Hall–Kier alpha value is -3.79. The third kappa shape index (κ3) is 5.52. The third-order valence-corrected chi connectivity index (χ3v) is 6.88. The number of fused-ring (bicyclic) bond motifs is 1. The lowest BCUT2D eigenvalue weighted by molar-refractivity contribution is -0.0681. The van der Waals surface area contributed by atoms with Crippen LogP contribution in [-0.2, 0) is 9.57 Å². The Labute approximate surface area is 225 Å². The van der Waals surface area contributed by atoms with Crippen LogP contribution < -0.4 is 4.74 Å². The Morgan fingerprint density at radius 3 is 2.64 bits per heavy atom. The minimum absolute atomic E-state index is 0.178. The number of aryl methyl sites for hydroxylation is 1. The highest BCUT2D eigenvalue weighted by Gasteiger charge is 2.40. The molecule has 1 aromatic heterocycles. The van der Waals surface area contributed by atoms with Crippen LogP contribution in [-0.4, -0.2) is 53.3 Å². The number of amidine groups is 1. The fourth-order valence-corrected chi connectivity index (χ4v) is 5.09. The van der Waals surface area contributed by atoms with Crippen LogP contribution in [0.3, 0.4) is 0 Å². The average Bonchev–Trinajstić information content (AvgIpc) is 3.37. The van der Waals surface area contributed by atoms with Crippen LogP contribution in [0.4, 0.5) is 13.2 Å². The van der Waals surface area contributed by atoms with Crippen molar-refractivity contribution in [1.29, 1.82) is 0 Å². The molecule has 1 saturated heterocycles. The van der Waals surface area contributed by atoms with Crippen LogP contribution in [0.2, 0.25) is 0 Å². The van der Waals surface area contributed by atoms with Crippen molar-refractivity contribution in [2.24, 2.45) is 5.16 Å². The molecule has 206 valence electrons. The Balaban J connectivity index is 1.49. The summed E-state index contributed by atoms with van der Waals surface area (Å²) in [5.74, 6) is -2.72. The number of hydrogen-bond acceptors (Lipinski definition) is 6. The van der Waals surface area contributed by atoms with Crippen LogP contribution in [0.15, 0.2) is 53.6 Å². The molecule has 0 radical (unpaired) electrons. The largest absolute Gasteiger partial charge is 0.495 e. The van der Waals surface area contributed by atoms with E-state index in [4.69, 9.17) is 14.3 Å². The molecule has 0 aliphatic carbocycles. The first-order chi connectivity index (χ1) is 18.9. The Morgan fingerprint density at radius 2 is 1.95 bits per heavy atom. The molecule has 0 amide bonds. The zero-order valence-electron chi connectivity index (χ0n) is 22.2. The maximum Gasteiger partial charge on any atom is 0.194 e. The van der Waals surface area contributed by atoms with Crippen molar-refractivity contribution in [3.8, 4) is 11.4 Å². The molecule has 0 bridgehead atoms. The molecule has 0 N–H and O–H groups in total. The molecule has 2 atom stereocenters. The van der Waals surface area contributed by atoms with Crippen molar-refractivity contribution < 1.29 is 27.5 Å². The Morgan fingerprint density at radius 1 is 1.15 bits per heavy atom. The zero-order valence-corrected chi connectivity index (χ0v) is 22.2. The minimum atomic E-state index is -1.49. The highest BCUT2D eigenvalue weighted by Crippen LogP contribution is 2.38. The predicted octanol–water partition coefficient (Wildman–Crippen LogP) is 5.97. The van der Waals surface area contributed by atoms with E-state index >= 15 is 0 Å². The number of nitrogens with zero attached hydrogens (tertiary/aromatic N) is 4. The molecular formula is C29H31F3N4O3. The molecule has 2 aromatic carbocycles. The number of oxime groups is 1. The second-order valence-corrected chi connectivity index (χ2v) is 9.70. The van der Waals surface area contributed by atoms with Gasteiger partial charge in [-0.05, 0) is 73.2 Å². The molecule has 1 fully saturated rings. The third-order valence-electron chi connectivity index (χ3n) is 6.88. The monoisotopic (exact) mass is 540 g/mol. The number of benzene rings is 2. The fraction of sp³-hybridized carbons (Fsp3) is 0.379. The van der Waals surface area contributed by atoms with Crippen LogP contribution in [0.25, 0.3) is 11.8 Å². The molecule has 7 nitrogen and oxygen atoms in total. The number of aromatic nitrogens is 2. The highest BCUT2D eigenvalue weighted by atomic mass is 19.2. The summed E-state index contributed by atoms with van der Waals surface area (Å²) < 4.78 is 55.6. The fourth-order valence-electron chi connectivity index (χ4n) is 5.09. The van der Waals surface area contributed by atoms with Gasteiger partial charge < -0.3 is 23.8 Å². The molecule has 0 spiro atoms. The SMILES string of the molecule is CCCOCC1ON=C2/C(=C/c3ccc(-n4cnc(C)c4)c(OC)c3)CCCN2[C@H]1c1cc(F)c(F)c(F)c1. The summed E-state index contributed by atoms with van der Waals surface area (Å²) in [4.78, 5) is 12.1. The van der Waals surface area contributed by atoms with Crippen LogP contribution in [0.1, 0.15) is 49.0 Å². The molecule has 5 rings (SSSR count). The van der Waals surface area contributed by atoms with E-state index in [0.29, 0.717) is 24.7 Å². The maximum atomic E-state index is 14.3. The molecule has 1 unspecified atom stereocenters. The van der Waals surface area contributed by atoms with E-state index in [-0.39, 0.29) is 12.2 Å². The van der Waals surface area contributed by atoms with Gasteiger partial charge in [0.15, 0.2) is 29.4 Å². The quantitative estimate of drug-likeness (QED) is 0.260. The lowest BCUT2D eigenvalue weighted by Crippen LogP contribution is -2.49. The molecule has 3 aromatic rings. The van der Waals surface area contributed by atoms with Gasteiger partial charge in [-0.3, -0.25) is 0 Å². The summed E-state index contributed by atoms with van der Waals surface area (Å²) >= 11 is 0. The van der Waals surface area contributed by atoms with Gasteiger partial charge in [0.1, 0.15) is 5.75 Å². The summed E-state index contributed by atoms with van der Waals surface area (Å²) in [7, 11) is 1.62. The van der Waals surface area contributed by atoms with E-state index in [2.05, 4.69) is 10.1 Å². The predicted molar refractivity (Wildman–Crippen MR) is 141 cm³/mol. The summed E-state index contributed by atoms with van der Waals surface area (Å²) in [6, 6.07) is 7.32. The van der Waals surface area contributed by atoms with Gasteiger partial charge in [0, 0.05) is 19.3 Å². The van der Waals surface area contributed by atoms with Gasteiger partial charge in [-0.2, -0.15) is 0 Å². The van der Waals surface area contributed by atoms with Crippen molar-refractivity contribution in [2.75, 3.05) is 26.9 Å². The van der Waals surface area contributed by atoms with E-state index in [1.165, 1.54) is 0 Å². The smallest absolute Gasteiger partial charge is 0.194 e. The van der Waals surface area contributed by atoms with Crippen molar-refractivity contribution in [3.05, 3.63) is 82.7 Å². The number of rotatable bonds is 8. The van der Waals surface area contributed by atoms with Crippen LogP contribution in [0.5, 0.6) is 5.75 Å². The van der Waals surface area contributed by atoms with Crippen LogP contribution in [0, 0.1) is 24.4 Å². The molecule has 2 aliphatic heterocycles. The average molecular weight is 541 g/mol. The topological polar surface area (TPSA) is 61.1 Å². The van der Waals surface area contributed by atoms with Gasteiger partial charge in [-0.15, -0.1) is 0 Å². The van der Waals surface area contributed by atoms with E-state index in [9.17, 15) is 13.2 Å². The van der Waals surface area contributed by atoms with E-state index in [1.54, 1.807) is 13.4 Å². The Kier molecular flexibility index (Phi) is 7.92. The number of halogens is 3. The van der Waals surface area contributed by atoms with E-state index in [1.807, 2.05) is 53.8 Å². The van der Waals surface area contributed by atoms with Crippen molar-refractivity contribution in [2.45, 2.75) is 45.3 Å². The van der Waals surface area contributed by atoms with Gasteiger partial charge in [0.05, 0.1) is 37.5 Å². The normalized spacial score (nSPS) is 20.0. The number of methoxy groups -OCH3 is 1. The van der Waals surface area contributed by atoms with Gasteiger partial charge >= 0.3 is 0 Å². The second kappa shape index (κ2) is 11.5. The summed E-state index contributed by atoms with van der Waals surface area (Å²) in [5, 5.41) is 4.43. The lowest BCUT2D eigenvalue weighted by atomic mass is 9.93. The summed E-state index contributed by atoms with van der Waals surface area (Å²) in [6.07, 6.45) is 7.38. The van der Waals surface area contributed by atoms with Gasteiger partial charge in [0.25, 0.3) is 0 Å². The lowest BCUT2D eigenvalue weighted by Gasteiger charge is -2.44. The molecule has 0 saturated carbocycles. The standard InChI is InChI=1S/C29H31F3N4O3/c1-4-10-38-16-26-28(21-13-22(30)27(32)23(31)14-21)36-9-5-6-20(29(36)34-39-26)11-19-7-8-24(25(12-19)37-3)35-15-18(2)33-17-35/h7-8,11-15,17,26,28H,4-6,9-10,16H2,1-3H3/b20-11+/t26?,28-/m0/s1. The van der Waals surface area contributed by atoms with Gasteiger partial charge in [-0.1, -0.05) is 18.1 Å². The van der Waals surface area contributed by atoms with Gasteiger partial charge in [0.2, 0.25) is 0 Å². The minimum Gasteiger partial charge on any atom is -0.495 e. The first kappa shape index (κ1) is 26.8. The number of hydrogen-bond donors (Lipinski definition) is 0. The first-order valence-corrected chi connectivity index (χ1v) is 13.0. The molecule has 3 heterocycles. The van der Waals surface area contributed by atoms with Gasteiger partial charge in [-0.25, -0.2) is 18.2 Å². The first-order valence-electron chi connectivity index (χ1n) is 13.0. The maximum absolute atomic E-state index is 14.3. The zero-order chi connectivity index (χ0) is 27.5. The molecular weight excluding hydrogens is 509 g/mol. The highest BCUT2D eigenvalue weighted by molar-refractivity contribution is 6.03. The molecule has 39 heavy (non-hydrogen) atoms. The van der Waals surface area contributed by atoms with Crippen LogP contribution >= 0.6 is 0 Å². The van der Waals surface area contributed by atoms with Crippen molar-refractivity contribution in [1.82, 2.24) is 14.5 Å². The Bertz CT molecular complexity index is 1380. The summed E-state index contributed by atoms with van der Waals surface area (Å²) in [6.45, 7) is 5.19. The van der Waals surface area contributed by atoms with E-state index < -0.39 is 29.6 Å². The van der Waals surface area contributed by atoms with Crippen molar-refractivity contribution >= 4 is 11.9 Å².